The van der Waals surface area contributed by atoms with Crippen molar-refractivity contribution in [3.8, 4) is 5.75 Å². The van der Waals surface area contributed by atoms with Crippen molar-refractivity contribution < 1.29 is 24.2 Å². The summed E-state index contributed by atoms with van der Waals surface area (Å²) < 4.78 is 5.27. The fraction of sp³-hybridized carbons (Fsp3) is 0.625. The van der Waals surface area contributed by atoms with Crippen LogP contribution in [0, 0.1) is 0 Å². The van der Waals surface area contributed by atoms with Gasteiger partial charge >= 0.3 is 6.09 Å². The Balaban J connectivity index is 3.25. The molecule has 0 heterocycles. The van der Waals surface area contributed by atoms with Gasteiger partial charge in [0.25, 0.3) is 0 Å². The maximum Gasteiger partial charge on any atom is 0.408 e. The molecule has 0 saturated heterocycles. The predicted molar refractivity (Wildman–Crippen MR) is 124 cm³/mol. The van der Waals surface area contributed by atoms with Crippen molar-refractivity contribution in [2.24, 2.45) is 0 Å². The first-order valence-electron chi connectivity index (χ1n) is 11.2. The number of phenolic OH excluding ortho intramolecular Hbond substituents is 1. The number of aromatic hydroxyl groups is 1. The number of ether oxygens (including phenoxy) is 1. The van der Waals surface area contributed by atoms with E-state index in [-0.39, 0.29) is 23.6 Å². The number of unbranched alkanes of at least 4 members (excludes halogenated alkanes) is 2. The van der Waals surface area contributed by atoms with Crippen LogP contribution in [-0.2, 0) is 14.3 Å². The third-order valence-electron chi connectivity index (χ3n) is 4.59. The zero-order valence-electron chi connectivity index (χ0n) is 20.4. The van der Waals surface area contributed by atoms with Crippen LogP contribution in [0.3, 0.4) is 0 Å². The number of alkyl carbamates (subject to hydrolysis) is 1. The molecule has 3 N–H and O–H groups in total. The molecular formula is C24H39N3O5. The Bertz CT molecular complexity index is 756. The van der Waals surface area contributed by atoms with Gasteiger partial charge in [-0.25, -0.2) is 4.79 Å². The minimum atomic E-state index is -0.898. The number of rotatable bonds is 10. The molecule has 0 spiro atoms. The lowest BCUT2D eigenvalue weighted by Crippen LogP contribution is -2.52. The summed E-state index contributed by atoms with van der Waals surface area (Å²) in [7, 11) is 0. The van der Waals surface area contributed by atoms with Crippen molar-refractivity contribution in [3.05, 3.63) is 29.8 Å². The largest absolute Gasteiger partial charge is 0.508 e. The van der Waals surface area contributed by atoms with Gasteiger partial charge < -0.3 is 25.4 Å². The maximum absolute atomic E-state index is 13.4. The Morgan fingerprint density at radius 3 is 2.12 bits per heavy atom. The van der Waals surface area contributed by atoms with Crippen LogP contribution in [0.2, 0.25) is 0 Å². The maximum atomic E-state index is 13.4. The van der Waals surface area contributed by atoms with Crippen molar-refractivity contribution in [1.82, 2.24) is 15.5 Å². The quantitative estimate of drug-likeness (QED) is 0.470. The summed E-state index contributed by atoms with van der Waals surface area (Å²) in [4.78, 5) is 40.3. The molecule has 0 bridgehead atoms. The molecule has 2 atom stereocenters. The number of amides is 3. The molecule has 0 saturated carbocycles. The number of carbonyl (C=O) groups excluding carboxylic acids is 3. The fourth-order valence-corrected chi connectivity index (χ4v) is 3.19. The minimum Gasteiger partial charge on any atom is -0.508 e. The van der Waals surface area contributed by atoms with E-state index in [1.165, 1.54) is 17.0 Å². The van der Waals surface area contributed by atoms with E-state index >= 15 is 0 Å². The first kappa shape index (κ1) is 27.3. The molecule has 0 aliphatic rings. The Morgan fingerprint density at radius 2 is 1.62 bits per heavy atom. The Kier molecular flexibility index (Phi) is 10.5. The first-order valence-corrected chi connectivity index (χ1v) is 11.2. The van der Waals surface area contributed by atoms with Gasteiger partial charge in [0, 0.05) is 12.6 Å². The molecule has 8 nitrogen and oxygen atoms in total. The minimum absolute atomic E-state index is 0.0700. The summed E-state index contributed by atoms with van der Waals surface area (Å²) in [6.07, 6.45) is 1.87. The molecule has 1 aromatic carbocycles. The highest BCUT2D eigenvalue weighted by molar-refractivity contribution is 5.92. The van der Waals surface area contributed by atoms with E-state index in [0.717, 1.165) is 12.8 Å². The second-order valence-electron chi connectivity index (χ2n) is 9.26. The Hall–Kier alpha value is -2.77. The summed E-state index contributed by atoms with van der Waals surface area (Å²) in [5.74, 6) is -0.635. The summed E-state index contributed by atoms with van der Waals surface area (Å²) in [6, 6.07) is 4.33. The molecule has 180 valence electrons. The molecule has 8 heteroatoms. The van der Waals surface area contributed by atoms with Crippen molar-refractivity contribution in [2.45, 2.75) is 91.5 Å². The standard InChI is InChI=1S/C24H39N3O5/c1-8-9-10-15-27(22(30)17(4)26-23(31)32-24(5,6)7)20(21(29)25-16(2)3)18-11-13-19(28)14-12-18/h11-14,16-17,20,28H,8-10,15H2,1-7H3,(H,25,29)(H,26,31). The van der Waals surface area contributed by atoms with E-state index in [1.54, 1.807) is 39.8 Å². The SMILES string of the molecule is CCCCCN(C(=O)C(C)NC(=O)OC(C)(C)C)C(C(=O)NC(C)C)c1ccc(O)cc1. The van der Waals surface area contributed by atoms with Gasteiger partial charge in [0.05, 0.1) is 0 Å². The van der Waals surface area contributed by atoms with E-state index in [2.05, 4.69) is 17.6 Å². The highest BCUT2D eigenvalue weighted by Crippen LogP contribution is 2.25. The van der Waals surface area contributed by atoms with Crippen molar-refractivity contribution in [3.63, 3.8) is 0 Å². The predicted octanol–water partition coefficient (Wildman–Crippen LogP) is 3.89. The Morgan fingerprint density at radius 1 is 1.03 bits per heavy atom. The number of benzene rings is 1. The van der Waals surface area contributed by atoms with Gasteiger partial charge in [0.2, 0.25) is 11.8 Å². The molecule has 1 aromatic rings. The van der Waals surface area contributed by atoms with Gasteiger partial charge in [0.15, 0.2) is 0 Å². The molecule has 0 aromatic heterocycles. The number of nitrogens with zero attached hydrogens (tertiary/aromatic N) is 1. The zero-order valence-corrected chi connectivity index (χ0v) is 20.4. The van der Waals surface area contributed by atoms with Gasteiger partial charge in [0.1, 0.15) is 23.4 Å². The summed E-state index contributed by atoms with van der Waals surface area (Å²) in [5, 5.41) is 15.1. The van der Waals surface area contributed by atoms with E-state index in [1.807, 2.05) is 13.8 Å². The van der Waals surface area contributed by atoms with E-state index < -0.39 is 23.8 Å². The molecule has 3 amide bonds. The average Bonchev–Trinajstić information content (AvgIpc) is 2.65. The van der Waals surface area contributed by atoms with Crippen molar-refractivity contribution in [1.29, 1.82) is 0 Å². The van der Waals surface area contributed by atoms with E-state index in [0.29, 0.717) is 18.5 Å². The lowest BCUT2D eigenvalue weighted by molar-refractivity contribution is -0.142. The summed E-state index contributed by atoms with van der Waals surface area (Å²) in [6.45, 7) is 12.9. The normalized spacial score (nSPS) is 13.2. The van der Waals surface area contributed by atoms with Crippen LogP contribution >= 0.6 is 0 Å². The number of hydrogen-bond donors (Lipinski definition) is 3. The molecule has 0 aliphatic carbocycles. The van der Waals surface area contributed by atoms with Crippen LogP contribution in [0.4, 0.5) is 4.79 Å². The average molecular weight is 450 g/mol. The number of nitrogens with one attached hydrogen (secondary N) is 2. The van der Waals surface area contributed by atoms with Crippen molar-refractivity contribution in [2.75, 3.05) is 6.54 Å². The van der Waals surface area contributed by atoms with Gasteiger partial charge in [-0.15, -0.1) is 0 Å². The lowest BCUT2D eigenvalue weighted by Gasteiger charge is -2.34. The first-order chi connectivity index (χ1) is 14.9. The third kappa shape index (κ3) is 9.16. The smallest absolute Gasteiger partial charge is 0.408 e. The summed E-state index contributed by atoms with van der Waals surface area (Å²) in [5.41, 5.74) is -0.116. The lowest BCUT2D eigenvalue weighted by atomic mass is 10.0. The highest BCUT2D eigenvalue weighted by Gasteiger charge is 2.34. The van der Waals surface area contributed by atoms with Crippen LogP contribution in [0.15, 0.2) is 24.3 Å². The van der Waals surface area contributed by atoms with Crippen LogP contribution in [0.1, 0.15) is 79.3 Å². The molecule has 0 aliphatic heterocycles. The number of hydrogen-bond acceptors (Lipinski definition) is 5. The van der Waals surface area contributed by atoms with Crippen LogP contribution in [0.5, 0.6) is 5.75 Å². The zero-order chi connectivity index (χ0) is 24.5. The molecule has 0 radical (unpaired) electrons. The number of phenols is 1. The topological polar surface area (TPSA) is 108 Å². The molecule has 32 heavy (non-hydrogen) atoms. The van der Waals surface area contributed by atoms with Crippen LogP contribution in [-0.4, -0.2) is 52.1 Å². The van der Waals surface area contributed by atoms with Gasteiger partial charge in [-0.05, 0) is 65.7 Å². The van der Waals surface area contributed by atoms with E-state index in [4.69, 9.17) is 4.74 Å². The van der Waals surface area contributed by atoms with Gasteiger partial charge in [-0.2, -0.15) is 0 Å². The van der Waals surface area contributed by atoms with Crippen molar-refractivity contribution >= 4 is 17.9 Å². The molecule has 2 unspecified atom stereocenters. The number of carbonyl (C=O) groups is 3. The van der Waals surface area contributed by atoms with E-state index in [9.17, 15) is 19.5 Å². The van der Waals surface area contributed by atoms with Gasteiger partial charge in [-0.3, -0.25) is 9.59 Å². The van der Waals surface area contributed by atoms with Crippen LogP contribution < -0.4 is 10.6 Å². The highest BCUT2D eigenvalue weighted by atomic mass is 16.6. The molecule has 1 rings (SSSR count). The third-order valence-corrected chi connectivity index (χ3v) is 4.59. The monoisotopic (exact) mass is 449 g/mol. The Labute approximate surface area is 191 Å². The van der Waals surface area contributed by atoms with Crippen LogP contribution in [0.25, 0.3) is 0 Å². The van der Waals surface area contributed by atoms with Gasteiger partial charge in [-0.1, -0.05) is 31.9 Å². The summed E-state index contributed by atoms with van der Waals surface area (Å²) >= 11 is 0. The molecular weight excluding hydrogens is 410 g/mol. The fourth-order valence-electron chi connectivity index (χ4n) is 3.19. The second kappa shape index (κ2) is 12.3. The molecule has 0 fully saturated rings. The second-order valence-corrected chi connectivity index (χ2v) is 9.26.